The summed E-state index contributed by atoms with van der Waals surface area (Å²) in [5.74, 6) is 0. The minimum Gasteiger partial charge on any atom is -0.369 e. The molecule has 1 heterocycles. The zero-order valence-corrected chi connectivity index (χ0v) is 10.00. The summed E-state index contributed by atoms with van der Waals surface area (Å²) in [6.45, 7) is 4.26. The second kappa shape index (κ2) is 3.77. The van der Waals surface area contributed by atoms with Crippen LogP contribution in [0.4, 0.5) is 5.69 Å². The third-order valence-corrected chi connectivity index (χ3v) is 3.81. The van der Waals surface area contributed by atoms with Gasteiger partial charge in [0.05, 0.1) is 0 Å². The fraction of sp³-hybridized carbons (Fsp3) is 0.571. The van der Waals surface area contributed by atoms with E-state index in [-0.39, 0.29) is 6.04 Å². The Kier molecular flexibility index (Phi) is 2.40. The van der Waals surface area contributed by atoms with Crippen molar-refractivity contribution in [2.24, 2.45) is 5.73 Å². The molecular weight excluding hydrogens is 196 g/mol. The number of anilines is 1. The largest absolute Gasteiger partial charge is 0.369 e. The van der Waals surface area contributed by atoms with Crippen LogP contribution in [0.25, 0.3) is 0 Å². The molecule has 3 rings (SSSR count). The van der Waals surface area contributed by atoms with E-state index in [9.17, 15) is 0 Å². The monoisotopic (exact) mass is 216 g/mol. The molecule has 2 N–H and O–H groups in total. The zero-order valence-electron chi connectivity index (χ0n) is 10.00. The van der Waals surface area contributed by atoms with Crippen molar-refractivity contribution in [3.63, 3.8) is 0 Å². The summed E-state index contributed by atoms with van der Waals surface area (Å²) in [6, 6.07) is 4.94. The molecule has 0 fully saturated rings. The van der Waals surface area contributed by atoms with Crippen LogP contribution in [0.15, 0.2) is 12.1 Å². The molecule has 1 atom stereocenters. The molecule has 1 aliphatic heterocycles. The van der Waals surface area contributed by atoms with E-state index in [2.05, 4.69) is 24.0 Å². The first kappa shape index (κ1) is 10.2. The highest BCUT2D eigenvalue weighted by Gasteiger charge is 2.26. The predicted molar refractivity (Wildman–Crippen MR) is 68.0 cm³/mol. The van der Waals surface area contributed by atoms with E-state index in [1.54, 1.807) is 16.7 Å². The van der Waals surface area contributed by atoms with Crippen LogP contribution >= 0.6 is 0 Å². The molecule has 86 valence electrons. The van der Waals surface area contributed by atoms with E-state index in [1.807, 2.05) is 0 Å². The summed E-state index contributed by atoms with van der Waals surface area (Å²) < 4.78 is 0. The number of hydrogen-bond donors (Lipinski definition) is 1. The molecule has 0 radical (unpaired) electrons. The van der Waals surface area contributed by atoms with Gasteiger partial charge in [0.2, 0.25) is 0 Å². The van der Waals surface area contributed by atoms with Gasteiger partial charge in [0.15, 0.2) is 0 Å². The molecule has 2 nitrogen and oxygen atoms in total. The molecule has 16 heavy (non-hydrogen) atoms. The molecule has 0 bridgehead atoms. The van der Waals surface area contributed by atoms with Gasteiger partial charge in [0.1, 0.15) is 0 Å². The number of nitrogens with zero attached hydrogens (tertiary/aromatic N) is 1. The number of nitrogens with two attached hydrogens (primary N) is 1. The number of rotatable bonds is 2. The maximum Gasteiger partial charge on any atom is 0.0435 e. The van der Waals surface area contributed by atoms with Gasteiger partial charge in [-0.2, -0.15) is 0 Å². The first-order chi connectivity index (χ1) is 7.75. The molecule has 1 aliphatic carbocycles. The zero-order chi connectivity index (χ0) is 11.1. The van der Waals surface area contributed by atoms with Gasteiger partial charge in [-0.05, 0) is 49.3 Å². The van der Waals surface area contributed by atoms with E-state index < -0.39 is 0 Å². The molecule has 1 aromatic rings. The van der Waals surface area contributed by atoms with Gasteiger partial charge < -0.3 is 10.6 Å². The smallest absolute Gasteiger partial charge is 0.0435 e. The summed E-state index contributed by atoms with van der Waals surface area (Å²) in [4.78, 5) is 2.50. The molecule has 0 saturated carbocycles. The normalized spacial score (nSPS) is 19.8. The van der Waals surface area contributed by atoms with E-state index >= 15 is 0 Å². The SMILES string of the molecule is CC(N)CN1CCc2ccc3c(c21)CCC3. The highest BCUT2D eigenvalue weighted by atomic mass is 15.2. The Hall–Kier alpha value is -1.02. The maximum atomic E-state index is 5.93. The Bertz CT molecular complexity index is 409. The van der Waals surface area contributed by atoms with Crippen LogP contribution in [0.3, 0.4) is 0 Å². The lowest BCUT2D eigenvalue weighted by molar-refractivity contribution is 0.692. The van der Waals surface area contributed by atoms with E-state index in [0.29, 0.717) is 0 Å². The van der Waals surface area contributed by atoms with E-state index in [0.717, 1.165) is 13.1 Å². The Balaban J connectivity index is 2.00. The van der Waals surface area contributed by atoms with Crippen LogP contribution in [0.1, 0.15) is 30.0 Å². The molecular formula is C14H20N2. The average Bonchev–Trinajstić information content (AvgIpc) is 2.82. The lowest BCUT2D eigenvalue weighted by atomic mass is 10.0. The first-order valence-electron chi connectivity index (χ1n) is 6.40. The molecule has 1 unspecified atom stereocenters. The topological polar surface area (TPSA) is 29.3 Å². The van der Waals surface area contributed by atoms with Gasteiger partial charge in [-0.15, -0.1) is 0 Å². The van der Waals surface area contributed by atoms with Crippen molar-refractivity contribution in [1.82, 2.24) is 0 Å². The van der Waals surface area contributed by atoms with Crippen molar-refractivity contribution >= 4 is 5.69 Å². The van der Waals surface area contributed by atoms with Gasteiger partial charge in [0, 0.05) is 24.8 Å². The Morgan fingerprint density at radius 1 is 1.25 bits per heavy atom. The lowest BCUT2D eigenvalue weighted by Gasteiger charge is -2.24. The summed E-state index contributed by atoms with van der Waals surface area (Å²) in [7, 11) is 0. The van der Waals surface area contributed by atoms with Gasteiger partial charge in [-0.3, -0.25) is 0 Å². The van der Waals surface area contributed by atoms with E-state index in [4.69, 9.17) is 5.73 Å². The average molecular weight is 216 g/mol. The summed E-state index contributed by atoms with van der Waals surface area (Å²) in [5, 5.41) is 0. The summed E-state index contributed by atoms with van der Waals surface area (Å²) in [6.07, 6.45) is 5.08. The quantitative estimate of drug-likeness (QED) is 0.818. The van der Waals surface area contributed by atoms with Gasteiger partial charge in [-0.25, -0.2) is 0 Å². The summed E-state index contributed by atoms with van der Waals surface area (Å²) >= 11 is 0. The second-order valence-corrected chi connectivity index (χ2v) is 5.24. The van der Waals surface area contributed by atoms with Crippen molar-refractivity contribution in [2.75, 3.05) is 18.0 Å². The van der Waals surface area contributed by atoms with E-state index in [1.165, 1.54) is 31.4 Å². The Morgan fingerprint density at radius 2 is 2.06 bits per heavy atom. The fourth-order valence-corrected chi connectivity index (χ4v) is 3.19. The standard InChI is InChI=1S/C14H20N2/c1-10(15)9-16-8-7-12-6-5-11-3-2-4-13(11)14(12)16/h5-6,10H,2-4,7-9,15H2,1H3. The summed E-state index contributed by atoms with van der Waals surface area (Å²) in [5.41, 5.74) is 12.2. The number of aryl methyl sites for hydroxylation is 1. The fourth-order valence-electron chi connectivity index (χ4n) is 3.19. The highest BCUT2D eigenvalue weighted by Crippen LogP contribution is 2.38. The Morgan fingerprint density at radius 3 is 2.88 bits per heavy atom. The number of benzene rings is 1. The highest BCUT2D eigenvalue weighted by molar-refractivity contribution is 5.66. The van der Waals surface area contributed by atoms with Crippen molar-refractivity contribution in [1.29, 1.82) is 0 Å². The van der Waals surface area contributed by atoms with Gasteiger partial charge in [0.25, 0.3) is 0 Å². The minimum atomic E-state index is 0.267. The van der Waals surface area contributed by atoms with Crippen LogP contribution in [-0.2, 0) is 19.3 Å². The number of hydrogen-bond acceptors (Lipinski definition) is 2. The van der Waals surface area contributed by atoms with Crippen LogP contribution < -0.4 is 10.6 Å². The van der Waals surface area contributed by atoms with Crippen LogP contribution in [-0.4, -0.2) is 19.1 Å². The predicted octanol–water partition coefficient (Wildman–Crippen LogP) is 1.89. The van der Waals surface area contributed by atoms with Gasteiger partial charge in [-0.1, -0.05) is 12.1 Å². The minimum absolute atomic E-state index is 0.267. The third-order valence-electron chi connectivity index (χ3n) is 3.81. The Labute approximate surface area is 97.4 Å². The van der Waals surface area contributed by atoms with Crippen molar-refractivity contribution in [2.45, 2.75) is 38.6 Å². The van der Waals surface area contributed by atoms with Gasteiger partial charge >= 0.3 is 0 Å². The first-order valence-corrected chi connectivity index (χ1v) is 6.40. The van der Waals surface area contributed by atoms with Crippen LogP contribution in [0.2, 0.25) is 0 Å². The number of fused-ring (bicyclic) bond motifs is 3. The molecule has 2 heteroatoms. The molecule has 2 aliphatic rings. The second-order valence-electron chi connectivity index (χ2n) is 5.24. The maximum absolute atomic E-state index is 5.93. The molecule has 1 aromatic carbocycles. The van der Waals surface area contributed by atoms with Crippen molar-refractivity contribution in [3.8, 4) is 0 Å². The van der Waals surface area contributed by atoms with Crippen LogP contribution in [0, 0.1) is 0 Å². The molecule has 0 spiro atoms. The van der Waals surface area contributed by atoms with Crippen molar-refractivity contribution in [3.05, 3.63) is 28.8 Å². The van der Waals surface area contributed by atoms with Crippen molar-refractivity contribution < 1.29 is 0 Å². The lowest BCUT2D eigenvalue weighted by Crippen LogP contribution is -2.34. The van der Waals surface area contributed by atoms with Crippen LogP contribution in [0.5, 0.6) is 0 Å². The molecule has 0 amide bonds. The molecule has 0 saturated heterocycles. The third kappa shape index (κ3) is 1.52. The molecule has 0 aromatic heterocycles.